The fourth-order valence-electron chi connectivity index (χ4n) is 1.67. The van der Waals surface area contributed by atoms with Gasteiger partial charge in [0.15, 0.2) is 0 Å². The van der Waals surface area contributed by atoms with Gasteiger partial charge in [-0.3, -0.25) is 0 Å². The number of carbonyl (C=O) groups is 1. The first-order chi connectivity index (χ1) is 7.81. The van der Waals surface area contributed by atoms with Gasteiger partial charge < -0.3 is 15.4 Å². The molecule has 2 rings (SSSR count). The Morgan fingerprint density at radius 2 is 2.25 bits per heavy atom. The number of esters is 1. The van der Waals surface area contributed by atoms with Crippen LogP contribution in [0.2, 0.25) is 0 Å². The highest BCUT2D eigenvalue weighted by molar-refractivity contribution is 5.95. The molecule has 0 atom stereocenters. The van der Waals surface area contributed by atoms with Crippen molar-refractivity contribution in [2.24, 2.45) is 5.92 Å². The molecule has 0 saturated carbocycles. The second kappa shape index (κ2) is 4.99. The van der Waals surface area contributed by atoms with E-state index in [1.165, 1.54) is 7.11 Å². The summed E-state index contributed by atoms with van der Waals surface area (Å²) in [5, 5.41) is 6.50. The summed E-state index contributed by atoms with van der Waals surface area (Å²) in [6.07, 6.45) is 0. The van der Waals surface area contributed by atoms with E-state index in [1.54, 1.807) is 6.07 Å². The van der Waals surface area contributed by atoms with Crippen molar-refractivity contribution < 1.29 is 9.53 Å². The summed E-state index contributed by atoms with van der Waals surface area (Å²) < 4.78 is 4.73. The Balaban J connectivity index is 2.03. The van der Waals surface area contributed by atoms with E-state index in [-0.39, 0.29) is 5.97 Å². The summed E-state index contributed by atoms with van der Waals surface area (Å²) in [5.74, 6) is 0.362. The first-order valence-corrected chi connectivity index (χ1v) is 5.43. The lowest BCUT2D eigenvalue weighted by molar-refractivity contribution is 0.0602. The van der Waals surface area contributed by atoms with Crippen LogP contribution in [0.5, 0.6) is 0 Å². The van der Waals surface area contributed by atoms with E-state index in [0.29, 0.717) is 11.5 Å². The Hall–Kier alpha value is -1.55. The van der Waals surface area contributed by atoms with E-state index in [1.807, 2.05) is 18.2 Å². The maximum absolute atomic E-state index is 11.5. The molecular formula is C12H16N2O2. The Labute approximate surface area is 95.0 Å². The van der Waals surface area contributed by atoms with Gasteiger partial charge in [0.1, 0.15) is 0 Å². The van der Waals surface area contributed by atoms with E-state index >= 15 is 0 Å². The molecule has 2 N–H and O–H groups in total. The molecular weight excluding hydrogens is 204 g/mol. The Morgan fingerprint density at radius 1 is 1.50 bits per heavy atom. The third-order valence-corrected chi connectivity index (χ3v) is 2.78. The number of rotatable bonds is 4. The maximum atomic E-state index is 11.5. The largest absolute Gasteiger partial charge is 0.465 e. The first kappa shape index (κ1) is 11.0. The second-order valence-corrected chi connectivity index (χ2v) is 3.94. The molecule has 1 saturated heterocycles. The molecule has 0 spiro atoms. The minimum absolute atomic E-state index is 0.296. The molecule has 1 aliphatic heterocycles. The van der Waals surface area contributed by atoms with Crippen molar-refractivity contribution in [1.82, 2.24) is 5.32 Å². The van der Waals surface area contributed by atoms with Crippen LogP contribution in [-0.4, -0.2) is 32.7 Å². The van der Waals surface area contributed by atoms with Crippen LogP contribution >= 0.6 is 0 Å². The van der Waals surface area contributed by atoms with Crippen LogP contribution in [-0.2, 0) is 4.74 Å². The average Bonchev–Trinajstić information content (AvgIpc) is 2.26. The van der Waals surface area contributed by atoms with Crippen LogP contribution in [0.3, 0.4) is 0 Å². The van der Waals surface area contributed by atoms with Crippen molar-refractivity contribution in [3.8, 4) is 0 Å². The predicted octanol–water partition coefficient (Wildman–Crippen LogP) is 1.10. The molecule has 4 nitrogen and oxygen atoms in total. The van der Waals surface area contributed by atoms with Crippen molar-refractivity contribution in [3.63, 3.8) is 0 Å². The molecule has 1 aromatic rings. The number of benzene rings is 1. The molecule has 16 heavy (non-hydrogen) atoms. The van der Waals surface area contributed by atoms with Crippen LogP contribution in [0, 0.1) is 5.92 Å². The normalized spacial score (nSPS) is 15.3. The fourth-order valence-corrected chi connectivity index (χ4v) is 1.67. The van der Waals surface area contributed by atoms with Crippen LogP contribution in [0.4, 0.5) is 5.69 Å². The maximum Gasteiger partial charge on any atom is 0.339 e. The summed E-state index contributed by atoms with van der Waals surface area (Å²) >= 11 is 0. The fraction of sp³-hybridized carbons (Fsp3) is 0.417. The van der Waals surface area contributed by atoms with Gasteiger partial charge in [-0.2, -0.15) is 0 Å². The number of hydrogen-bond acceptors (Lipinski definition) is 4. The molecule has 1 fully saturated rings. The molecule has 1 heterocycles. The van der Waals surface area contributed by atoms with Gasteiger partial charge in [0.2, 0.25) is 0 Å². The predicted molar refractivity (Wildman–Crippen MR) is 62.6 cm³/mol. The summed E-state index contributed by atoms with van der Waals surface area (Å²) in [6.45, 7) is 2.99. The van der Waals surface area contributed by atoms with Gasteiger partial charge in [0, 0.05) is 31.2 Å². The number of anilines is 1. The monoisotopic (exact) mass is 220 g/mol. The third kappa shape index (κ3) is 2.33. The van der Waals surface area contributed by atoms with Gasteiger partial charge in [-0.1, -0.05) is 12.1 Å². The molecule has 4 heteroatoms. The van der Waals surface area contributed by atoms with E-state index in [9.17, 15) is 4.79 Å². The molecule has 86 valence electrons. The zero-order valence-electron chi connectivity index (χ0n) is 9.32. The highest BCUT2D eigenvalue weighted by Gasteiger charge is 2.17. The molecule has 0 aliphatic carbocycles. The summed E-state index contributed by atoms with van der Waals surface area (Å²) in [7, 11) is 1.40. The lowest BCUT2D eigenvalue weighted by Crippen LogP contribution is -2.45. The van der Waals surface area contributed by atoms with Crippen molar-refractivity contribution in [1.29, 1.82) is 0 Å². The molecule has 0 amide bonds. The highest BCUT2D eigenvalue weighted by Crippen LogP contribution is 2.17. The smallest absolute Gasteiger partial charge is 0.339 e. The lowest BCUT2D eigenvalue weighted by Gasteiger charge is -2.27. The molecule has 0 unspecified atom stereocenters. The second-order valence-electron chi connectivity index (χ2n) is 3.94. The molecule has 0 aromatic heterocycles. The number of nitrogens with one attached hydrogen (secondary N) is 2. The Kier molecular flexibility index (Phi) is 3.41. The highest BCUT2D eigenvalue weighted by atomic mass is 16.5. The lowest BCUT2D eigenvalue weighted by atomic mass is 10.0. The number of carbonyl (C=O) groups excluding carboxylic acids is 1. The number of para-hydroxylation sites is 1. The van der Waals surface area contributed by atoms with Crippen molar-refractivity contribution in [2.45, 2.75) is 0 Å². The minimum Gasteiger partial charge on any atom is -0.465 e. The van der Waals surface area contributed by atoms with E-state index in [4.69, 9.17) is 4.74 Å². The average molecular weight is 220 g/mol. The number of methoxy groups -OCH3 is 1. The van der Waals surface area contributed by atoms with Gasteiger partial charge in [-0.05, 0) is 12.1 Å². The van der Waals surface area contributed by atoms with E-state index < -0.39 is 0 Å². The zero-order valence-corrected chi connectivity index (χ0v) is 9.32. The number of ether oxygens (including phenoxy) is 1. The van der Waals surface area contributed by atoms with Crippen molar-refractivity contribution in [2.75, 3.05) is 32.1 Å². The quantitative estimate of drug-likeness (QED) is 0.746. The van der Waals surface area contributed by atoms with E-state index in [2.05, 4.69) is 10.6 Å². The van der Waals surface area contributed by atoms with Gasteiger partial charge in [0.05, 0.1) is 12.7 Å². The van der Waals surface area contributed by atoms with E-state index in [0.717, 1.165) is 25.3 Å². The molecule has 0 bridgehead atoms. The molecule has 0 radical (unpaired) electrons. The number of hydrogen-bond donors (Lipinski definition) is 2. The Bertz CT molecular complexity index is 375. The van der Waals surface area contributed by atoms with Crippen LogP contribution in [0.15, 0.2) is 24.3 Å². The van der Waals surface area contributed by atoms with Gasteiger partial charge >= 0.3 is 5.97 Å². The Morgan fingerprint density at radius 3 is 2.88 bits per heavy atom. The van der Waals surface area contributed by atoms with Gasteiger partial charge in [-0.25, -0.2) is 4.79 Å². The van der Waals surface area contributed by atoms with Crippen LogP contribution < -0.4 is 10.6 Å². The topological polar surface area (TPSA) is 50.4 Å². The molecule has 1 aromatic carbocycles. The van der Waals surface area contributed by atoms with Crippen LogP contribution in [0.1, 0.15) is 10.4 Å². The minimum atomic E-state index is -0.296. The summed E-state index contributed by atoms with van der Waals surface area (Å²) in [5.41, 5.74) is 1.44. The SMILES string of the molecule is COC(=O)c1ccccc1NCC1CNC1. The molecule has 1 aliphatic rings. The third-order valence-electron chi connectivity index (χ3n) is 2.78. The van der Waals surface area contributed by atoms with Gasteiger partial charge in [-0.15, -0.1) is 0 Å². The first-order valence-electron chi connectivity index (χ1n) is 5.43. The van der Waals surface area contributed by atoms with Crippen LogP contribution in [0.25, 0.3) is 0 Å². The zero-order chi connectivity index (χ0) is 11.4. The van der Waals surface area contributed by atoms with Crippen molar-refractivity contribution in [3.05, 3.63) is 29.8 Å². The summed E-state index contributed by atoms with van der Waals surface area (Å²) in [4.78, 5) is 11.5. The van der Waals surface area contributed by atoms with Gasteiger partial charge in [0.25, 0.3) is 0 Å². The summed E-state index contributed by atoms with van der Waals surface area (Å²) in [6, 6.07) is 7.42. The van der Waals surface area contributed by atoms with Crippen molar-refractivity contribution >= 4 is 11.7 Å². The standard InChI is InChI=1S/C12H16N2O2/c1-16-12(15)10-4-2-3-5-11(10)14-8-9-6-13-7-9/h2-5,9,13-14H,6-8H2,1H3.